The van der Waals surface area contributed by atoms with Gasteiger partial charge in [-0.15, -0.1) is 0 Å². The van der Waals surface area contributed by atoms with Crippen LogP contribution in [0.3, 0.4) is 0 Å². The first-order valence-corrected chi connectivity index (χ1v) is 8.89. The number of phenolic OH excluding ortho intramolecular Hbond substituents is 1. The molecule has 0 radical (unpaired) electrons. The molecule has 4 aromatic carbocycles. The van der Waals surface area contributed by atoms with Gasteiger partial charge < -0.3 is 14.6 Å². The molecule has 0 saturated heterocycles. The van der Waals surface area contributed by atoms with Crippen LogP contribution < -0.4 is 9.47 Å². The molecule has 3 heteroatoms. The minimum absolute atomic E-state index is 0.231. The molecule has 0 aliphatic heterocycles. The molecule has 0 saturated carbocycles. The Morgan fingerprint density at radius 2 is 1.26 bits per heavy atom. The lowest BCUT2D eigenvalue weighted by atomic mass is 10.1. The summed E-state index contributed by atoms with van der Waals surface area (Å²) in [6.45, 7) is 0.911. The summed E-state index contributed by atoms with van der Waals surface area (Å²) in [6, 6.07) is 29.2. The molecule has 27 heavy (non-hydrogen) atoms. The van der Waals surface area contributed by atoms with Gasteiger partial charge in [-0.2, -0.15) is 0 Å². The zero-order chi connectivity index (χ0) is 18.5. The van der Waals surface area contributed by atoms with Gasteiger partial charge in [0.25, 0.3) is 0 Å². The third-order valence-electron chi connectivity index (χ3n) is 4.38. The van der Waals surface area contributed by atoms with Crippen LogP contribution in [0.1, 0.15) is 11.1 Å². The third-order valence-corrected chi connectivity index (χ3v) is 4.38. The molecule has 0 aliphatic rings. The molecular formula is C24H20O3. The van der Waals surface area contributed by atoms with Gasteiger partial charge >= 0.3 is 0 Å². The highest BCUT2D eigenvalue weighted by molar-refractivity contribution is 5.91. The average Bonchev–Trinajstić information content (AvgIpc) is 2.72. The molecule has 0 amide bonds. The first-order valence-electron chi connectivity index (χ1n) is 8.89. The van der Waals surface area contributed by atoms with Gasteiger partial charge in [-0.1, -0.05) is 66.7 Å². The molecule has 0 atom stereocenters. The van der Waals surface area contributed by atoms with Crippen molar-refractivity contribution < 1.29 is 14.6 Å². The van der Waals surface area contributed by atoms with Crippen LogP contribution in [0.25, 0.3) is 10.8 Å². The van der Waals surface area contributed by atoms with Gasteiger partial charge in [-0.05, 0) is 40.8 Å². The second kappa shape index (κ2) is 7.83. The van der Waals surface area contributed by atoms with E-state index in [-0.39, 0.29) is 5.75 Å². The van der Waals surface area contributed by atoms with Crippen molar-refractivity contribution in [2.45, 2.75) is 13.2 Å². The Balaban J connectivity index is 1.65. The third kappa shape index (κ3) is 4.04. The number of fused-ring (bicyclic) bond motifs is 1. The van der Waals surface area contributed by atoms with E-state index in [0.717, 1.165) is 21.9 Å². The summed E-state index contributed by atoms with van der Waals surface area (Å²) in [5.74, 6) is 1.61. The largest absolute Gasteiger partial charge is 0.508 e. The average molecular weight is 356 g/mol. The fraction of sp³-hybridized carbons (Fsp3) is 0.0833. The van der Waals surface area contributed by atoms with E-state index >= 15 is 0 Å². The van der Waals surface area contributed by atoms with E-state index in [1.807, 2.05) is 78.9 Å². The molecule has 4 rings (SSSR count). The molecule has 134 valence electrons. The van der Waals surface area contributed by atoms with Crippen molar-refractivity contribution in [1.29, 1.82) is 0 Å². The molecule has 0 unspecified atom stereocenters. The lowest BCUT2D eigenvalue weighted by Crippen LogP contribution is -2.01. The summed E-state index contributed by atoms with van der Waals surface area (Å²) in [5.41, 5.74) is 2.18. The lowest BCUT2D eigenvalue weighted by molar-refractivity contribution is 0.259. The Morgan fingerprint density at radius 1 is 0.630 bits per heavy atom. The van der Waals surface area contributed by atoms with E-state index < -0.39 is 0 Å². The SMILES string of the molecule is Oc1ccc2c(OCc3ccccc3)c(OCc3ccccc3)ccc2c1. The molecule has 4 aromatic rings. The maximum Gasteiger partial charge on any atom is 0.169 e. The highest BCUT2D eigenvalue weighted by atomic mass is 16.5. The molecule has 0 bridgehead atoms. The summed E-state index contributed by atoms with van der Waals surface area (Å²) >= 11 is 0. The Labute approximate surface area is 158 Å². The fourth-order valence-corrected chi connectivity index (χ4v) is 3.00. The second-order valence-corrected chi connectivity index (χ2v) is 6.35. The zero-order valence-corrected chi connectivity index (χ0v) is 14.8. The van der Waals surface area contributed by atoms with Gasteiger partial charge in [0, 0.05) is 5.39 Å². The van der Waals surface area contributed by atoms with Crippen LogP contribution in [0, 0.1) is 0 Å². The summed E-state index contributed by atoms with van der Waals surface area (Å²) in [5, 5.41) is 11.6. The van der Waals surface area contributed by atoms with Crippen LogP contribution in [-0.2, 0) is 13.2 Å². The van der Waals surface area contributed by atoms with E-state index in [1.54, 1.807) is 12.1 Å². The van der Waals surface area contributed by atoms with Crippen LogP contribution in [0.15, 0.2) is 91.0 Å². The summed E-state index contributed by atoms with van der Waals surface area (Å²) < 4.78 is 12.2. The predicted molar refractivity (Wildman–Crippen MR) is 107 cm³/mol. The number of hydrogen-bond donors (Lipinski definition) is 1. The van der Waals surface area contributed by atoms with Crippen molar-refractivity contribution in [3.8, 4) is 17.2 Å². The van der Waals surface area contributed by atoms with Crippen LogP contribution in [0.4, 0.5) is 0 Å². The zero-order valence-electron chi connectivity index (χ0n) is 14.8. The number of ether oxygens (including phenoxy) is 2. The van der Waals surface area contributed by atoms with E-state index in [4.69, 9.17) is 9.47 Å². The van der Waals surface area contributed by atoms with Gasteiger partial charge in [0.05, 0.1) is 0 Å². The quantitative estimate of drug-likeness (QED) is 0.481. The van der Waals surface area contributed by atoms with Crippen molar-refractivity contribution in [2.75, 3.05) is 0 Å². The summed E-state index contributed by atoms with van der Waals surface area (Å²) in [7, 11) is 0. The van der Waals surface area contributed by atoms with Crippen molar-refractivity contribution >= 4 is 10.8 Å². The summed E-state index contributed by atoms with van der Waals surface area (Å²) in [4.78, 5) is 0. The Bertz CT molecular complexity index is 1030. The van der Waals surface area contributed by atoms with E-state index in [0.29, 0.717) is 24.7 Å². The molecule has 0 aromatic heterocycles. The highest BCUT2D eigenvalue weighted by Gasteiger charge is 2.12. The van der Waals surface area contributed by atoms with Crippen LogP contribution in [0.2, 0.25) is 0 Å². The monoisotopic (exact) mass is 356 g/mol. The van der Waals surface area contributed by atoms with Crippen molar-refractivity contribution in [3.05, 3.63) is 102 Å². The first kappa shape index (κ1) is 17.0. The van der Waals surface area contributed by atoms with Gasteiger partial charge in [0.1, 0.15) is 19.0 Å². The second-order valence-electron chi connectivity index (χ2n) is 6.35. The Hall–Kier alpha value is -3.46. The van der Waals surface area contributed by atoms with Crippen molar-refractivity contribution in [3.63, 3.8) is 0 Å². The van der Waals surface area contributed by atoms with Crippen LogP contribution in [0.5, 0.6) is 17.2 Å². The predicted octanol–water partition coefficient (Wildman–Crippen LogP) is 5.70. The van der Waals surface area contributed by atoms with Crippen LogP contribution >= 0.6 is 0 Å². The molecule has 0 aliphatic carbocycles. The normalized spacial score (nSPS) is 10.7. The fourth-order valence-electron chi connectivity index (χ4n) is 3.00. The van der Waals surface area contributed by atoms with Gasteiger partial charge in [-0.3, -0.25) is 0 Å². The highest BCUT2D eigenvalue weighted by Crippen LogP contribution is 2.38. The van der Waals surface area contributed by atoms with Gasteiger partial charge in [-0.25, -0.2) is 0 Å². The van der Waals surface area contributed by atoms with E-state index in [9.17, 15) is 5.11 Å². The molecule has 0 heterocycles. The van der Waals surface area contributed by atoms with Gasteiger partial charge in [0.15, 0.2) is 11.5 Å². The van der Waals surface area contributed by atoms with Crippen molar-refractivity contribution in [1.82, 2.24) is 0 Å². The molecular weight excluding hydrogens is 336 g/mol. The van der Waals surface area contributed by atoms with E-state index in [1.165, 1.54) is 0 Å². The smallest absolute Gasteiger partial charge is 0.169 e. The number of phenols is 1. The number of rotatable bonds is 6. The molecule has 3 nitrogen and oxygen atoms in total. The first-order chi connectivity index (χ1) is 13.3. The number of hydrogen-bond acceptors (Lipinski definition) is 3. The maximum absolute atomic E-state index is 9.78. The molecule has 0 fully saturated rings. The molecule has 0 spiro atoms. The number of benzene rings is 4. The van der Waals surface area contributed by atoms with E-state index in [2.05, 4.69) is 0 Å². The minimum Gasteiger partial charge on any atom is -0.508 e. The standard InChI is InChI=1S/C24H20O3/c25-21-12-13-22-20(15-21)11-14-23(26-16-18-7-3-1-4-8-18)24(22)27-17-19-9-5-2-6-10-19/h1-15,25H,16-17H2. The van der Waals surface area contributed by atoms with Gasteiger partial charge in [0.2, 0.25) is 0 Å². The minimum atomic E-state index is 0.231. The van der Waals surface area contributed by atoms with Crippen molar-refractivity contribution in [2.24, 2.45) is 0 Å². The lowest BCUT2D eigenvalue weighted by Gasteiger charge is -2.16. The Morgan fingerprint density at radius 3 is 1.93 bits per heavy atom. The Kier molecular flexibility index (Phi) is 4.93. The maximum atomic E-state index is 9.78. The molecule has 1 N–H and O–H groups in total. The number of aromatic hydroxyl groups is 1. The topological polar surface area (TPSA) is 38.7 Å². The van der Waals surface area contributed by atoms with Crippen LogP contribution in [-0.4, -0.2) is 5.11 Å². The summed E-state index contributed by atoms with van der Waals surface area (Å²) in [6.07, 6.45) is 0.